The van der Waals surface area contributed by atoms with Crippen LogP contribution in [0.4, 0.5) is 5.82 Å². The van der Waals surface area contributed by atoms with Crippen molar-refractivity contribution >= 4 is 12.1 Å². The molecule has 0 spiro atoms. The van der Waals surface area contributed by atoms with Crippen molar-refractivity contribution in [1.29, 1.82) is 0 Å². The molecule has 1 aromatic carbocycles. The van der Waals surface area contributed by atoms with Crippen molar-refractivity contribution in [3.63, 3.8) is 0 Å². The van der Waals surface area contributed by atoms with E-state index in [2.05, 4.69) is 30.7 Å². The third-order valence-electron chi connectivity index (χ3n) is 3.22. The Morgan fingerprint density at radius 1 is 1.35 bits per heavy atom. The van der Waals surface area contributed by atoms with Crippen LogP contribution in [-0.4, -0.2) is 16.1 Å². The van der Waals surface area contributed by atoms with E-state index in [4.69, 9.17) is 5.73 Å². The van der Waals surface area contributed by atoms with Crippen LogP contribution in [0.5, 0.6) is 0 Å². The number of benzene rings is 1. The standard InChI is InChI=1S/C16H19N3O/c1-3-5-12-6-8-13(9-7-12)15-14(11-20)16(17)19(18-15)10-4-2/h4,6-9,11H,2-3,5,10,17H2,1H3. The molecule has 2 aromatic rings. The summed E-state index contributed by atoms with van der Waals surface area (Å²) in [5.74, 6) is 0.382. The predicted molar refractivity (Wildman–Crippen MR) is 81.7 cm³/mol. The molecule has 0 atom stereocenters. The summed E-state index contributed by atoms with van der Waals surface area (Å²) in [7, 11) is 0. The number of aldehydes is 1. The van der Waals surface area contributed by atoms with E-state index in [0.717, 1.165) is 24.7 Å². The van der Waals surface area contributed by atoms with Crippen LogP contribution in [0.25, 0.3) is 11.3 Å². The number of anilines is 1. The van der Waals surface area contributed by atoms with Gasteiger partial charge in [0.25, 0.3) is 0 Å². The molecule has 0 unspecified atom stereocenters. The zero-order valence-corrected chi connectivity index (χ0v) is 11.7. The third-order valence-corrected chi connectivity index (χ3v) is 3.22. The molecule has 1 aromatic heterocycles. The monoisotopic (exact) mass is 269 g/mol. The molecule has 2 rings (SSSR count). The molecule has 0 saturated carbocycles. The molecule has 1 heterocycles. The van der Waals surface area contributed by atoms with Gasteiger partial charge in [0, 0.05) is 5.56 Å². The summed E-state index contributed by atoms with van der Waals surface area (Å²) in [6.07, 6.45) is 4.62. The summed E-state index contributed by atoms with van der Waals surface area (Å²) >= 11 is 0. The maximum atomic E-state index is 11.2. The first-order valence-electron chi connectivity index (χ1n) is 6.73. The fourth-order valence-electron chi connectivity index (χ4n) is 2.20. The number of nitrogen functional groups attached to an aromatic ring is 1. The Bertz CT molecular complexity index is 611. The van der Waals surface area contributed by atoms with Gasteiger partial charge in [0.2, 0.25) is 0 Å². The second kappa shape index (κ2) is 6.19. The number of carbonyl (C=O) groups is 1. The van der Waals surface area contributed by atoms with Crippen LogP contribution in [0.1, 0.15) is 29.3 Å². The molecule has 0 saturated heterocycles. The Kier molecular flexibility index (Phi) is 4.35. The molecular weight excluding hydrogens is 250 g/mol. The number of nitrogens with two attached hydrogens (primary N) is 1. The molecule has 0 fully saturated rings. The second-order valence-electron chi connectivity index (χ2n) is 4.68. The highest BCUT2D eigenvalue weighted by atomic mass is 16.1. The van der Waals surface area contributed by atoms with E-state index in [1.165, 1.54) is 5.56 Å². The summed E-state index contributed by atoms with van der Waals surface area (Å²) in [5, 5.41) is 4.41. The van der Waals surface area contributed by atoms with Gasteiger partial charge in [-0.3, -0.25) is 4.79 Å². The fraction of sp³-hybridized carbons (Fsp3) is 0.250. The molecule has 104 valence electrons. The van der Waals surface area contributed by atoms with E-state index in [1.54, 1.807) is 10.8 Å². The quantitative estimate of drug-likeness (QED) is 0.647. The van der Waals surface area contributed by atoms with Gasteiger partial charge in [-0.05, 0) is 12.0 Å². The van der Waals surface area contributed by atoms with E-state index in [1.807, 2.05) is 12.1 Å². The van der Waals surface area contributed by atoms with Crippen molar-refractivity contribution in [2.24, 2.45) is 0 Å². The van der Waals surface area contributed by atoms with Gasteiger partial charge in [0.1, 0.15) is 11.5 Å². The third kappa shape index (κ3) is 2.64. The Balaban J connectivity index is 2.43. The SMILES string of the molecule is C=CCn1nc(-c2ccc(CCC)cc2)c(C=O)c1N. The zero-order valence-electron chi connectivity index (χ0n) is 11.7. The average Bonchev–Trinajstić information content (AvgIpc) is 2.77. The minimum atomic E-state index is 0.382. The Hall–Kier alpha value is -2.36. The van der Waals surface area contributed by atoms with Gasteiger partial charge in [0.15, 0.2) is 6.29 Å². The molecular formula is C16H19N3O. The summed E-state index contributed by atoms with van der Waals surface area (Å²) in [5.41, 5.74) is 9.19. The Labute approximate surface area is 118 Å². The molecule has 0 bridgehead atoms. The normalized spacial score (nSPS) is 10.4. The van der Waals surface area contributed by atoms with Gasteiger partial charge in [-0.2, -0.15) is 5.10 Å². The highest BCUT2D eigenvalue weighted by Gasteiger charge is 2.15. The van der Waals surface area contributed by atoms with Gasteiger partial charge < -0.3 is 5.73 Å². The molecule has 0 aliphatic heterocycles. The van der Waals surface area contributed by atoms with Gasteiger partial charge in [-0.15, -0.1) is 6.58 Å². The van der Waals surface area contributed by atoms with E-state index in [9.17, 15) is 4.79 Å². The van der Waals surface area contributed by atoms with E-state index in [-0.39, 0.29) is 0 Å². The van der Waals surface area contributed by atoms with Gasteiger partial charge in [-0.1, -0.05) is 43.7 Å². The minimum Gasteiger partial charge on any atom is -0.383 e. The number of aryl methyl sites for hydroxylation is 1. The Morgan fingerprint density at radius 3 is 2.60 bits per heavy atom. The van der Waals surface area contributed by atoms with Gasteiger partial charge >= 0.3 is 0 Å². The lowest BCUT2D eigenvalue weighted by atomic mass is 10.0. The number of aromatic nitrogens is 2. The molecule has 0 radical (unpaired) electrons. The lowest BCUT2D eigenvalue weighted by molar-refractivity contribution is 0.112. The fourth-order valence-corrected chi connectivity index (χ4v) is 2.20. The zero-order chi connectivity index (χ0) is 14.5. The molecule has 0 aliphatic carbocycles. The summed E-state index contributed by atoms with van der Waals surface area (Å²) in [4.78, 5) is 11.2. The van der Waals surface area contributed by atoms with Crippen LogP contribution in [0.3, 0.4) is 0 Å². The maximum Gasteiger partial charge on any atom is 0.156 e. The number of hydrogen-bond acceptors (Lipinski definition) is 3. The van der Waals surface area contributed by atoms with E-state index < -0.39 is 0 Å². The van der Waals surface area contributed by atoms with Crippen molar-refractivity contribution < 1.29 is 4.79 Å². The van der Waals surface area contributed by atoms with Crippen LogP contribution in [0.15, 0.2) is 36.9 Å². The van der Waals surface area contributed by atoms with Crippen LogP contribution in [0.2, 0.25) is 0 Å². The predicted octanol–water partition coefficient (Wildman–Crippen LogP) is 3.08. The molecule has 20 heavy (non-hydrogen) atoms. The molecule has 4 heteroatoms. The van der Waals surface area contributed by atoms with Crippen molar-refractivity contribution in [2.75, 3.05) is 5.73 Å². The minimum absolute atomic E-state index is 0.382. The van der Waals surface area contributed by atoms with Crippen molar-refractivity contribution in [2.45, 2.75) is 26.3 Å². The maximum absolute atomic E-state index is 11.2. The first kappa shape index (κ1) is 14.1. The van der Waals surface area contributed by atoms with Crippen molar-refractivity contribution in [1.82, 2.24) is 9.78 Å². The summed E-state index contributed by atoms with van der Waals surface area (Å²) in [6, 6.07) is 8.10. The average molecular weight is 269 g/mol. The smallest absolute Gasteiger partial charge is 0.156 e. The van der Waals surface area contributed by atoms with Gasteiger partial charge in [0.05, 0.1) is 12.1 Å². The number of rotatable bonds is 6. The topological polar surface area (TPSA) is 60.9 Å². The van der Waals surface area contributed by atoms with Crippen LogP contribution >= 0.6 is 0 Å². The summed E-state index contributed by atoms with van der Waals surface area (Å²) in [6.45, 7) is 6.30. The number of nitrogens with zero attached hydrogens (tertiary/aromatic N) is 2. The molecule has 4 nitrogen and oxygen atoms in total. The highest BCUT2D eigenvalue weighted by molar-refractivity contribution is 5.91. The molecule has 0 amide bonds. The highest BCUT2D eigenvalue weighted by Crippen LogP contribution is 2.26. The Morgan fingerprint density at radius 2 is 2.05 bits per heavy atom. The second-order valence-corrected chi connectivity index (χ2v) is 4.68. The van der Waals surface area contributed by atoms with Crippen LogP contribution in [0, 0.1) is 0 Å². The van der Waals surface area contributed by atoms with Crippen LogP contribution in [-0.2, 0) is 13.0 Å². The molecule has 0 aliphatic rings. The van der Waals surface area contributed by atoms with E-state index in [0.29, 0.717) is 23.6 Å². The number of carbonyl (C=O) groups excluding carboxylic acids is 1. The number of hydrogen-bond donors (Lipinski definition) is 1. The van der Waals surface area contributed by atoms with Gasteiger partial charge in [-0.25, -0.2) is 4.68 Å². The first-order chi connectivity index (χ1) is 9.71. The summed E-state index contributed by atoms with van der Waals surface area (Å²) < 4.78 is 1.59. The van der Waals surface area contributed by atoms with Crippen LogP contribution < -0.4 is 5.73 Å². The van der Waals surface area contributed by atoms with E-state index >= 15 is 0 Å². The largest absolute Gasteiger partial charge is 0.383 e. The first-order valence-corrected chi connectivity index (χ1v) is 6.73. The lowest BCUT2D eigenvalue weighted by Crippen LogP contribution is -2.03. The van der Waals surface area contributed by atoms with Crippen molar-refractivity contribution in [3.8, 4) is 11.3 Å². The lowest BCUT2D eigenvalue weighted by Gasteiger charge is -2.01. The molecule has 2 N–H and O–H groups in total. The van der Waals surface area contributed by atoms with Crippen molar-refractivity contribution in [3.05, 3.63) is 48.0 Å². The number of allylic oxidation sites excluding steroid dienone is 1.